The zero-order valence-electron chi connectivity index (χ0n) is 12.7. The predicted molar refractivity (Wildman–Crippen MR) is 83.6 cm³/mol. The van der Waals surface area contributed by atoms with E-state index in [9.17, 15) is 17.6 Å². The molecule has 0 N–H and O–H groups in total. The Morgan fingerprint density at radius 3 is 2.58 bits per heavy atom. The highest BCUT2D eigenvalue weighted by Crippen LogP contribution is 2.21. The minimum Gasteiger partial charge on any atom is -0.484 e. The molecule has 24 heavy (non-hydrogen) atoms. The van der Waals surface area contributed by atoms with E-state index in [0.29, 0.717) is 11.5 Å². The number of amides is 1. The van der Waals surface area contributed by atoms with Gasteiger partial charge >= 0.3 is 0 Å². The van der Waals surface area contributed by atoms with Crippen molar-refractivity contribution in [1.82, 2.24) is 4.90 Å². The Bertz CT molecular complexity index is 796. The molecule has 0 bridgehead atoms. The Balaban J connectivity index is 1.47. The molecule has 1 aliphatic heterocycles. The molecule has 1 amide bonds. The zero-order valence-corrected chi connectivity index (χ0v) is 13.5. The smallest absolute Gasteiger partial charge is 0.260 e. The van der Waals surface area contributed by atoms with Gasteiger partial charge in [0.25, 0.3) is 5.91 Å². The predicted octanol–water partition coefficient (Wildman–Crippen LogP) is 1.62. The van der Waals surface area contributed by atoms with Crippen LogP contribution >= 0.6 is 0 Å². The van der Waals surface area contributed by atoms with Crippen molar-refractivity contribution in [2.75, 3.05) is 19.7 Å². The first-order valence-corrected chi connectivity index (χ1v) is 9.06. The molecule has 128 valence electrons. The van der Waals surface area contributed by atoms with Gasteiger partial charge in [0.2, 0.25) is 0 Å². The van der Waals surface area contributed by atoms with E-state index in [-0.39, 0.29) is 37.2 Å². The number of furan rings is 1. The molecule has 8 heteroatoms. The first kappa shape index (κ1) is 16.5. The number of hydrogen-bond acceptors (Lipinski definition) is 5. The van der Waals surface area contributed by atoms with E-state index in [0.717, 1.165) is 0 Å². The fourth-order valence-electron chi connectivity index (χ4n) is 2.35. The number of ether oxygens (including phenoxy) is 1. The minimum atomic E-state index is -3.35. The number of rotatable bonds is 6. The van der Waals surface area contributed by atoms with Crippen LogP contribution < -0.4 is 4.74 Å². The van der Waals surface area contributed by atoms with Gasteiger partial charge < -0.3 is 14.1 Å². The third-order valence-corrected chi connectivity index (χ3v) is 5.81. The highest BCUT2D eigenvalue weighted by Gasteiger charge is 2.40. The number of benzene rings is 1. The molecule has 0 saturated carbocycles. The third kappa shape index (κ3) is 3.76. The molecule has 1 fully saturated rings. The molecule has 3 rings (SSSR count). The van der Waals surface area contributed by atoms with Crippen LogP contribution in [0.2, 0.25) is 0 Å². The van der Waals surface area contributed by atoms with E-state index in [4.69, 9.17) is 9.15 Å². The topological polar surface area (TPSA) is 76.8 Å². The SMILES string of the molecule is O=C(COc1ccc(F)cc1)N1CC(S(=O)(=O)Cc2ccco2)C1. The van der Waals surface area contributed by atoms with E-state index in [2.05, 4.69) is 0 Å². The van der Waals surface area contributed by atoms with Crippen LogP contribution in [0, 0.1) is 5.82 Å². The Morgan fingerprint density at radius 1 is 1.25 bits per heavy atom. The molecule has 0 atom stereocenters. The molecule has 1 aliphatic rings. The van der Waals surface area contributed by atoms with Crippen LogP contribution in [0.3, 0.4) is 0 Å². The minimum absolute atomic E-state index is 0.147. The Labute approximate surface area is 138 Å². The molecule has 0 aliphatic carbocycles. The lowest BCUT2D eigenvalue weighted by molar-refractivity contribution is -0.136. The van der Waals surface area contributed by atoms with Gasteiger partial charge in [-0.3, -0.25) is 4.79 Å². The lowest BCUT2D eigenvalue weighted by Gasteiger charge is -2.38. The number of sulfone groups is 1. The highest BCUT2D eigenvalue weighted by molar-refractivity contribution is 7.91. The van der Waals surface area contributed by atoms with Crippen molar-refractivity contribution < 1.29 is 26.8 Å². The summed E-state index contributed by atoms with van der Waals surface area (Å²) in [4.78, 5) is 13.4. The summed E-state index contributed by atoms with van der Waals surface area (Å²) >= 11 is 0. The van der Waals surface area contributed by atoms with Crippen LogP contribution in [0.15, 0.2) is 47.1 Å². The van der Waals surface area contributed by atoms with E-state index in [1.807, 2.05) is 0 Å². The fraction of sp³-hybridized carbons (Fsp3) is 0.312. The van der Waals surface area contributed by atoms with Gasteiger partial charge in [0.1, 0.15) is 23.1 Å². The maximum absolute atomic E-state index is 12.8. The van der Waals surface area contributed by atoms with Gasteiger partial charge in [0, 0.05) is 13.1 Å². The van der Waals surface area contributed by atoms with Crippen LogP contribution in [-0.4, -0.2) is 44.2 Å². The standard InChI is InChI=1S/C16H16FNO5S/c17-12-3-5-13(6-4-12)23-10-16(19)18-8-15(9-18)24(20,21)11-14-2-1-7-22-14/h1-7,15H,8-11H2. The van der Waals surface area contributed by atoms with E-state index in [1.54, 1.807) is 12.1 Å². The Morgan fingerprint density at radius 2 is 1.96 bits per heavy atom. The van der Waals surface area contributed by atoms with Crippen molar-refractivity contribution in [3.63, 3.8) is 0 Å². The van der Waals surface area contributed by atoms with Crippen molar-refractivity contribution in [2.24, 2.45) is 0 Å². The lowest BCUT2D eigenvalue weighted by atomic mass is 10.2. The summed E-state index contributed by atoms with van der Waals surface area (Å²) in [5.74, 6) is -0.0878. The van der Waals surface area contributed by atoms with Crippen LogP contribution in [0.25, 0.3) is 0 Å². The van der Waals surface area contributed by atoms with Gasteiger partial charge in [-0.15, -0.1) is 0 Å². The van der Waals surface area contributed by atoms with Crippen LogP contribution in [-0.2, 0) is 20.4 Å². The summed E-state index contributed by atoms with van der Waals surface area (Å²) in [6, 6.07) is 8.57. The van der Waals surface area contributed by atoms with Gasteiger partial charge in [-0.05, 0) is 36.4 Å². The summed E-state index contributed by atoms with van der Waals surface area (Å²) < 4.78 is 47.5. The largest absolute Gasteiger partial charge is 0.484 e. The Kier molecular flexibility index (Phi) is 4.57. The average Bonchev–Trinajstić information content (AvgIpc) is 2.97. The molecule has 1 aromatic carbocycles. The molecule has 2 aromatic rings. The molecular formula is C16H16FNO5S. The summed E-state index contributed by atoms with van der Waals surface area (Å²) in [6.45, 7) is 0.0832. The van der Waals surface area contributed by atoms with Gasteiger partial charge in [-0.25, -0.2) is 12.8 Å². The first-order chi connectivity index (χ1) is 11.4. The molecule has 0 unspecified atom stereocenters. The van der Waals surface area contributed by atoms with Crippen molar-refractivity contribution in [3.8, 4) is 5.75 Å². The highest BCUT2D eigenvalue weighted by atomic mass is 32.2. The summed E-state index contributed by atoms with van der Waals surface area (Å²) in [5.41, 5.74) is 0. The van der Waals surface area contributed by atoms with E-state index in [1.165, 1.54) is 35.4 Å². The normalized spacial score (nSPS) is 15.1. The molecule has 0 radical (unpaired) electrons. The van der Waals surface area contributed by atoms with Crippen molar-refractivity contribution >= 4 is 15.7 Å². The molecule has 0 spiro atoms. The fourth-order valence-corrected chi connectivity index (χ4v) is 3.96. The summed E-state index contributed by atoms with van der Waals surface area (Å²) in [5, 5.41) is -0.586. The van der Waals surface area contributed by atoms with Crippen LogP contribution in [0.1, 0.15) is 5.76 Å². The van der Waals surface area contributed by atoms with Gasteiger partial charge in [0.15, 0.2) is 16.4 Å². The Hall–Kier alpha value is -2.35. The first-order valence-electron chi connectivity index (χ1n) is 7.34. The lowest BCUT2D eigenvalue weighted by Crippen LogP contribution is -2.58. The zero-order chi connectivity index (χ0) is 17.2. The molecule has 1 saturated heterocycles. The number of carbonyl (C=O) groups excluding carboxylic acids is 1. The third-order valence-electron chi connectivity index (χ3n) is 3.81. The van der Waals surface area contributed by atoms with E-state index < -0.39 is 15.1 Å². The van der Waals surface area contributed by atoms with Crippen molar-refractivity contribution in [1.29, 1.82) is 0 Å². The van der Waals surface area contributed by atoms with Gasteiger partial charge in [0.05, 0.1) is 11.5 Å². The average molecular weight is 353 g/mol. The second kappa shape index (κ2) is 6.64. The number of hydrogen-bond donors (Lipinski definition) is 0. The number of likely N-dealkylation sites (tertiary alicyclic amines) is 1. The molecule has 6 nitrogen and oxygen atoms in total. The van der Waals surface area contributed by atoms with Crippen molar-refractivity contribution in [2.45, 2.75) is 11.0 Å². The molecular weight excluding hydrogens is 337 g/mol. The summed E-state index contributed by atoms with van der Waals surface area (Å²) in [6.07, 6.45) is 1.42. The second-order valence-corrected chi connectivity index (χ2v) is 7.83. The second-order valence-electron chi connectivity index (χ2n) is 5.55. The molecule has 2 heterocycles. The quantitative estimate of drug-likeness (QED) is 0.789. The van der Waals surface area contributed by atoms with Crippen LogP contribution in [0.4, 0.5) is 4.39 Å². The van der Waals surface area contributed by atoms with Gasteiger partial charge in [-0.2, -0.15) is 0 Å². The maximum atomic E-state index is 12.8. The molecule has 1 aromatic heterocycles. The number of nitrogens with zero attached hydrogens (tertiary/aromatic N) is 1. The summed E-state index contributed by atoms with van der Waals surface area (Å²) in [7, 11) is -3.35. The maximum Gasteiger partial charge on any atom is 0.260 e. The monoisotopic (exact) mass is 353 g/mol. The number of halogens is 1. The van der Waals surface area contributed by atoms with Crippen LogP contribution in [0.5, 0.6) is 5.75 Å². The van der Waals surface area contributed by atoms with Crippen molar-refractivity contribution in [3.05, 3.63) is 54.2 Å². The van der Waals surface area contributed by atoms with E-state index >= 15 is 0 Å². The van der Waals surface area contributed by atoms with Gasteiger partial charge in [-0.1, -0.05) is 0 Å². The number of carbonyl (C=O) groups is 1.